The van der Waals surface area contributed by atoms with Crippen molar-refractivity contribution in [2.24, 2.45) is 0 Å². The lowest BCUT2D eigenvalue weighted by Gasteiger charge is -2.30. The van der Waals surface area contributed by atoms with Gasteiger partial charge in [-0.05, 0) is 33.2 Å². The van der Waals surface area contributed by atoms with Gasteiger partial charge in [-0.3, -0.25) is 9.69 Å². The Bertz CT molecular complexity index is 204. The molecule has 4 nitrogen and oxygen atoms in total. The molecule has 0 aromatic rings. The molecule has 14 heavy (non-hydrogen) atoms. The molecule has 1 heterocycles. The number of hydrogen-bond donors (Lipinski definition) is 2. The van der Waals surface area contributed by atoms with Crippen LogP contribution in [0.25, 0.3) is 0 Å². The van der Waals surface area contributed by atoms with E-state index in [1.165, 1.54) is 6.42 Å². The number of aliphatic hydroxyl groups is 1. The van der Waals surface area contributed by atoms with E-state index in [1.807, 2.05) is 0 Å². The number of hydrogen-bond acceptors (Lipinski definition) is 3. The van der Waals surface area contributed by atoms with Gasteiger partial charge in [0.2, 0.25) is 5.91 Å². The van der Waals surface area contributed by atoms with E-state index in [2.05, 4.69) is 24.1 Å². The van der Waals surface area contributed by atoms with Crippen molar-refractivity contribution in [2.45, 2.75) is 32.2 Å². The minimum absolute atomic E-state index is 0.00836. The average molecular weight is 200 g/mol. The highest BCUT2D eigenvalue weighted by Crippen LogP contribution is 2.27. The Hall–Kier alpha value is -0.610. The summed E-state index contributed by atoms with van der Waals surface area (Å²) in [4.78, 5) is 13.6. The second-order valence-corrected chi connectivity index (χ2v) is 4.41. The summed E-state index contributed by atoms with van der Waals surface area (Å²) in [5, 5.41) is 11.2. The van der Waals surface area contributed by atoms with Gasteiger partial charge in [0.15, 0.2) is 0 Å². The van der Waals surface area contributed by atoms with Crippen LogP contribution in [0.4, 0.5) is 0 Å². The van der Waals surface area contributed by atoms with Gasteiger partial charge in [-0.15, -0.1) is 0 Å². The van der Waals surface area contributed by atoms with Crippen LogP contribution in [0, 0.1) is 0 Å². The number of carbonyl (C=O) groups is 1. The van der Waals surface area contributed by atoms with Crippen LogP contribution in [0.2, 0.25) is 0 Å². The normalized spacial score (nSPS) is 21.1. The highest BCUT2D eigenvalue weighted by Gasteiger charge is 2.32. The van der Waals surface area contributed by atoms with Crippen molar-refractivity contribution in [3.63, 3.8) is 0 Å². The third-order valence-corrected chi connectivity index (χ3v) is 2.84. The van der Waals surface area contributed by atoms with Gasteiger partial charge in [-0.2, -0.15) is 0 Å². The monoisotopic (exact) mass is 200 g/mol. The maximum Gasteiger partial charge on any atom is 0.234 e. The van der Waals surface area contributed by atoms with Crippen molar-refractivity contribution in [3.05, 3.63) is 0 Å². The van der Waals surface area contributed by atoms with Gasteiger partial charge in [0.25, 0.3) is 0 Å². The Morgan fingerprint density at radius 2 is 2.29 bits per heavy atom. The maximum absolute atomic E-state index is 11.4. The van der Waals surface area contributed by atoms with Crippen LogP contribution in [0.15, 0.2) is 0 Å². The molecule has 0 spiro atoms. The molecule has 1 aliphatic heterocycles. The van der Waals surface area contributed by atoms with Gasteiger partial charge >= 0.3 is 0 Å². The van der Waals surface area contributed by atoms with Crippen LogP contribution >= 0.6 is 0 Å². The van der Waals surface area contributed by atoms with E-state index >= 15 is 0 Å². The number of likely N-dealkylation sites (tertiary alicyclic amines) is 1. The molecule has 0 saturated carbocycles. The first-order valence-electron chi connectivity index (χ1n) is 5.19. The summed E-state index contributed by atoms with van der Waals surface area (Å²) in [6.45, 7) is 6.15. The molecule has 1 fully saturated rings. The molecule has 82 valence electrons. The number of amides is 1. The molecule has 0 aromatic carbocycles. The van der Waals surface area contributed by atoms with Gasteiger partial charge < -0.3 is 10.4 Å². The van der Waals surface area contributed by atoms with Crippen molar-refractivity contribution < 1.29 is 9.90 Å². The lowest BCUT2D eigenvalue weighted by Crippen LogP contribution is -2.45. The minimum Gasteiger partial charge on any atom is -0.395 e. The van der Waals surface area contributed by atoms with Crippen LogP contribution in [-0.2, 0) is 4.79 Å². The van der Waals surface area contributed by atoms with Gasteiger partial charge in [0.05, 0.1) is 13.2 Å². The van der Waals surface area contributed by atoms with Crippen molar-refractivity contribution >= 4 is 5.91 Å². The Kier molecular flexibility index (Phi) is 3.89. The number of nitrogens with one attached hydrogen (secondary N) is 1. The minimum atomic E-state index is 0.00836. The molecule has 0 bridgehead atoms. The van der Waals surface area contributed by atoms with Crippen molar-refractivity contribution in [3.8, 4) is 0 Å². The van der Waals surface area contributed by atoms with E-state index in [-0.39, 0.29) is 18.1 Å². The second-order valence-electron chi connectivity index (χ2n) is 4.41. The third kappa shape index (κ3) is 2.96. The van der Waals surface area contributed by atoms with Gasteiger partial charge in [-0.25, -0.2) is 0 Å². The molecule has 0 radical (unpaired) electrons. The summed E-state index contributed by atoms with van der Waals surface area (Å²) in [5.41, 5.74) is 0.149. The van der Waals surface area contributed by atoms with E-state index in [1.54, 1.807) is 0 Å². The van der Waals surface area contributed by atoms with Crippen LogP contribution in [0.3, 0.4) is 0 Å². The smallest absolute Gasteiger partial charge is 0.234 e. The number of nitrogens with zero attached hydrogens (tertiary/aromatic N) is 1. The molecule has 2 N–H and O–H groups in total. The Morgan fingerprint density at radius 3 is 2.79 bits per heavy atom. The molecule has 4 heteroatoms. The quantitative estimate of drug-likeness (QED) is 0.670. The maximum atomic E-state index is 11.4. The molecular formula is C10H20N2O2. The fourth-order valence-electron chi connectivity index (χ4n) is 1.88. The fraction of sp³-hybridized carbons (Fsp3) is 0.900. The van der Waals surface area contributed by atoms with E-state index in [0.29, 0.717) is 13.1 Å². The second kappa shape index (κ2) is 4.75. The molecule has 0 atom stereocenters. The molecule has 1 rings (SSSR count). The van der Waals surface area contributed by atoms with Crippen LogP contribution < -0.4 is 5.32 Å². The number of carbonyl (C=O) groups excluding carboxylic acids is 1. The van der Waals surface area contributed by atoms with Crippen LogP contribution in [-0.4, -0.2) is 47.7 Å². The molecule has 1 amide bonds. The SMILES string of the molecule is CC1(C)CCCN1CC(=O)NCCO. The topological polar surface area (TPSA) is 52.6 Å². The first-order chi connectivity index (χ1) is 6.56. The first-order valence-corrected chi connectivity index (χ1v) is 5.19. The molecule has 1 saturated heterocycles. The summed E-state index contributed by atoms with van der Waals surface area (Å²) in [7, 11) is 0. The summed E-state index contributed by atoms with van der Waals surface area (Å²) in [5.74, 6) is 0.00836. The Morgan fingerprint density at radius 1 is 1.57 bits per heavy atom. The predicted molar refractivity (Wildman–Crippen MR) is 55.0 cm³/mol. The molecule has 1 aliphatic rings. The zero-order valence-corrected chi connectivity index (χ0v) is 9.05. The van der Waals surface area contributed by atoms with E-state index in [0.717, 1.165) is 13.0 Å². The largest absolute Gasteiger partial charge is 0.395 e. The third-order valence-electron chi connectivity index (χ3n) is 2.84. The lowest BCUT2D eigenvalue weighted by atomic mass is 10.0. The standard InChI is InChI=1S/C10H20N2O2/c1-10(2)4-3-6-12(10)8-9(14)11-5-7-13/h13H,3-8H2,1-2H3,(H,11,14). The Labute approximate surface area is 85.3 Å². The first kappa shape index (κ1) is 11.5. The lowest BCUT2D eigenvalue weighted by molar-refractivity contribution is -0.123. The van der Waals surface area contributed by atoms with E-state index in [9.17, 15) is 4.79 Å². The Balaban J connectivity index is 2.33. The molecule has 0 unspecified atom stereocenters. The highest BCUT2D eigenvalue weighted by atomic mass is 16.3. The van der Waals surface area contributed by atoms with Crippen molar-refractivity contribution in [1.82, 2.24) is 10.2 Å². The molecule has 0 aromatic heterocycles. The van der Waals surface area contributed by atoms with E-state index < -0.39 is 0 Å². The zero-order valence-electron chi connectivity index (χ0n) is 9.05. The van der Waals surface area contributed by atoms with Gasteiger partial charge in [0.1, 0.15) is 0 Å². The van der Waals surface area contributed by atoms with E-state index in [4.69, 9.17) is 5.11 Å². The average Bonchev–Trinajstić information content (AvgIpc) is 2.43. The van der Waals surface area contributed by atoms with Crippen LogP contribution in [0.1, 0.15) is 26.7 Å². The molecule has 0 aliphatic carbocycles. The van der Waals surface area contributed by atoms with Gasteiger partial charge in [0, 0.05) is 12.1 Å². The number of aliphatic hydroxyl groups excluding tert-OH is 1. The van der Waals surface area contributed by atoms with Crippen molar-refractivity contribution in [1.29, 1.82) is 0 Å². The summed E-state index contributed by atoms with van der Waals surface area (Å²) in [6, 6.07) is 0. The zero-order chi connectivity index (χ0) is 10.6. The predicted octanol–water partition coefficient (Wildman–Crippen LogP) is -0.0307. The summed E-state index contributed by atoms with van der Waals surface area (Å²) in [6.07, 6.45) is 2.32. The number of rotatable bonds is 4. The fourth-order valence-corrected chi connectivity index (χ4v) is 1.88. The van der Waals surface area contributed by atoms with Gasteiger partial charge in [-0.1, -0.05) is 0 Å². The highest BCUT2D eigenvalue weighted by molar-refractivity contribution is 5.78. The summed E-state index contributed by atoms with van der Waals surface area (Å²) < 4.78 is 0. The molecular weight excluding hydrogens is 180 g/mol. The van der Waals surface area contributed by atoms with Crippen LogP contribution in [0.5, 0.6) is 0 Å². The van der Waals surface area contributed by atoms with Crippen molar-refractivity contribution in [2.75, 3.05) is 26.2 Å². The summed E-state index contributed by atoms with van der Waals surface area (Å²) >= 11 is 0.